The molecule has 3 aromatic carbocycles. The first-order valence-corrected chi connectivity index (χ1v) is 10.9. The maximum absolute atomic E-state index is 14.0. The second kappa shape index (κ2) is 7.92. The van der Waals surface area contributed by atoms with Crippen LogP contribution in [0.1, 0.15) is 21.5 Å². The molecule has 0 atom stereocenters. The van der Waals surface area contributed by atoms with Gasteiger partial charge in [-0.1, -0.05) is 17.7 Å². The normalized spacial score (nSPS) is 15.2. The molecule has 1 heterocycles. The molecule has 12 heteroatoms. The molecule has 0 fully saturated rings. The van der Waals surface area contributed by atoms with E-state index < -0.39 is 61.5 Å². The van der Waals surface area contributed by atoms with E-state index in [4.69, 9.17) is 16.3 Å². The number of fused-ring (bicyclic) bond motifs is 6. The first-order valence-electron chi connectivity index (χ1n) is 9.09. The summed E-state index contributed by atoms with van der Waals surface area (Å²) >= 11 is 5.86. The number of carbonyl (C=O) groups excluding carboxylic acids is 1. The van der Waals surface area contributed by atoms with Crippen LogP contribution in [0.3, 0.4) is 0 Å². The number of sulfonamides is 1. The van der Waals surface area contributed by atoms with Crippen molar-refractivity contribution in [3.63, 3.8) is 0 Å². The predicted octanol–water partition coefficient (Wildman–Crippen LogP) is 5.34. The van der Waals surface area contributed by atoms with Gasteiger partial charge in [-0.2, -0.15) is 13.2 Å². The number of ether oxygens (including phenoxy) is 1. The van der Waals surface area contributed by atoms with Crippen LogP contribution in [0, 0.1) is 5.82 Å². The van der Waals surface area contributed by atoms with Crippen molar-refractivity contribution in [2.24, 2.45) is 0 Å². The molecule has 3 aromatic rings. The Morgan fingerprint density at radius 3 is 2.45 bits per heavy atom. The molecule has 0 radical (unpaired) electrons. The van der Waals surface area contributed by atoms with Gasteiger partial charge in [-0.3, -0.25) is 4.72 Å². The maximum Gasteiger partial charge on any atom is 0.416 e. The number of cyclic esters (lactones) is 1. The number of aromatic hydroxyl groups is 1. The zero-order valence-corrected chi connectivity index (χ0v) is 17.8. The Morgan fingerprint density at radius 1 is 1.03 bits per heavy atom. The van der Waals surface area contributed by atoms with Crippen LogP contribution in [0.15, 0.2) is 53.4 Å². The van der Waals surface area contributed by atoms with E-state index in [2.05, 4.69) is 0 Å². The van der Waals surface area contributed by atoms with Gasteiger partial charge in [0.15, 0.2) is 5.75 Å². The van der Waals surface area contributed by atoms with Crippen molar-refractivity contribution in [3.05, 3.63) is 76.1 Å². The highest BCUT2D eigenvalue weighted by atomic mass is 35.5. The van der Waals surface area contributed by atoms with Crippen molar-refractivity contribution in [3.8, 4) is 16.9 Å². The number of phenols is 1. The minimum atomic E-state index is -4.87. The molecule has 0 spiro atoms. The van der Waals surface area contributed by atoms with Crippen LogP contribution in [0.5, 0.6) is 5.75 Å². The Balaban J connectivity index is 2.03. The summed E-state index contributed by atoms with van der Waals surface area (Å²) in [4.78, 5) is 11.7. The average Bonchev–Trinajstić information content (AvgIpc) is 2.72. The highest BCUT2D eigenvalue weighted by Crippen LogP contribution is 2.39. The smallest absolute Gasteiger partial charge is 0.416 e. The molecule has 1 aliphatic rings. The molecule has 0 saturated carbocycles. The van der Waals surface area contributed by atoms with Crippen molar-refractivity contribution in [1.29, 1.82) is 0 Å². The summed E-state index contributed by atoms with van der Waals surface area (Å²) in [5, 5.41) is 9.65. The summed E-state index contributed by atoms with van der Waals surface area (Å²) in [6.45, 7) is -0.464. The lowest BCUT2D eigenvalue weighted by Crippen LogP contribution is -2.15. The number of benzene rings is 3. The van der Waals surface area contributed by atoms with E-state index in [1.165, 1.54) is 6.07 Å². The summed E-state index contributed by atoms with van der Waals surface area (Å²) in [7, 11) is -4.72. The summed E-state index contributed by atoms with van der Waals surface area (Å²) in [6.07, 6.45) is -4.87. The fourth-order valence-electron chi connectivity index (χ4n) is 3.28. The molecule has 4 bridgehead atoms. The van der Waals surface area contributed by atoms with E-state index in [-0.39, 0.29) is 22.3 Å². The van der Waals surface area contributed by atoms with Crippen LogP contribution in [0.2, 0.25) is 5.02 Å². The van der Waals surface area contributed by atoms with Gasteiger partial charge in [0.1, 0.15) is 17.3 Å². The Morgan fingerprint density at radius 2 is 1.76 bits per heavy atom. The quantitative estimate of drug-likeness (QED) is 0.320. The largest absolute Gasteiger partial charge is 0.505 e. The Labute approximate surface area is 189 Å². The molecular formula is C21H12ClF4NO5S. The Bertz CT molecular complexity index is 1410. The topological polar surface area (TPSA) is 92.7 Å². The number of rotatable bonds is 0. The zero-order chi connectivity index (χ0) is 24.1. The number of hydrogen-bond acceptors (Lipinski definition) is 5. The standard InChI is InChI=1S/C21H12ClF4NO5S/c22-17-5-12-6-18(19(17)28)33(30,31)27-15-4-11(3-13(7-15)21(24,25)26)16-8-14(23)2-1-10(16)9-32-20(12)29/h1-8,27-28H,9H2. The second-order valence-corrected chi connectivity index (χ2v) is 9.14. The minimum Gasteiger partial charge on any atom is -0.505 e. The van der Waals surface area contributed by atoms with E-state index in [9.17, 15) is 35.9 Å². The van der Waals surface area contributed by atoms with Crippen LogP contribution in [-0.2, 0) is 27.5 Å². The van der Waals surface area contributed by atoms with Crippen LogP contribution >= 0.6 is 11.6 Å². The summed E-state index contributed by atoms with van der Waals surface area (Å²) in [5.41, 5.74) is -2.10. The number of hydrogen-bond donors (Lipinski definition) is 2. The molecule has 4 rings (SSSR count). The molecular weight excluding hydrogens is 490 g/mol. The van der Waals surface area contributed by atoms with Gasteiger partial charge in [0, 0.05) is 0 Å². The molecule has 33 heavy (non-hydrogen) atoms. The molecule has 1 aliphatic heterocycles. The van der Waals surface area contributed by atoms with Gasteiger partial charge in [-0.25, -0.2) is 17.6 Å². The maximum atomic E-state index is 14.0. The van der Waals surface area contributed by atoms with Crippen molar-refractivity contribution in [2.75, 3.05) is 4.72 Å². The number of alkyl halides is 3. The zero-order valence-electron chi connectivity index (χ0n) is 16.2. The predicted molar refractivity (Wildman–Crippen MR) is 110 cm³/mol. The van der Waals surface area contributed by atoms with Gasteiger partial charge < -0.3 is 9.84 Å². The van der Waals surface area contributed by atoms with E-state index in [1.54, 1.807) is 0 Å². The molecule has 0 aliphatic carbocycles. The molecule has 0 saturated heterocycles. The summed E-state index contributed by atoms with van der Waals surface area (Å²) in [6, 6.07) is 7.30. The Hall–Kier alpha value is -3.31. The number of anilines is 1. The monoisotopic (exact) mass is 501 g/mol. The fourth-order valence-corrected chi connectivity index (χ4v) is 4.74. The highest BCUT2D eigenvalue weighted by Gasteiger charge is 2.33. The molecule has 0 unspecified atom stereocenters. The first kappa shape index (κ1) is 22.9. The van der Waals surface area contributed by atoms with E-state index in [0.29, 0.717) is 12.1 Å². The van der Waals surface area contributed by atoms with Crippen molar-refractivity contribution in [1.82, 2.24) is 0 Å². The second-order valence-electron chi connectivity index (χ2n) is 7.08. The fraction of sp³-hybridized carbons (Fsp3) is 0.0952. The lowest BCUT2D eigenvalue weighted by molar-refractivity contribution is -0.137. The number of esters is 1. The van der Waals surface area contributed by atoms with E-state index in [0.717, 1.165) is 30.3 Å². The third-order valence-corrected chi connectivity index (χ3v) is 6.49. The number of carbonyl (C=O) groups is 1. The summed E-state index contributed by atoms with van der Waals surface area (Å²) < 4.78 is 87.5. The third-order valence-electron chi connectivity index (χ3n) is 4.81. The highest BCUT2D eigenvalue weighted by molar-refractivity contribution is 7.92. The summed E-state index contributed by atoms with van der Waals surface area (Å²) in [5.74, 6) is -2.70. The third kappa shape index (κ3) is 4.46. The lowest BCUT2D eigenvalue weighted by atomic mass is 9.97. The van der Waals surface area contributed by atoms with Crippen molar-refractivity contribution in [2.45, 2.75) is 17.7 Å². The number of phenolic OH excluding ortho intramolecular Hbond substituents is 1. The first-order chi connectivity index (χ1) is 15.3. The SMILES string of the molecule is O=C1OCc2ccc(F)cc2-c2cc(cc(C(F)(F)F)c2)NS(=O)(=O)c2cc1cc(Cl)c2O. The van der Waals surface area contributed by atoms with E-state index >= 15 is 0 Å². The van der Waals surface area contributed by atoms with Crippen LogP contribution in [0.4, 0.5) is 23.2 Å². The molecule has 6 nitrogen and oxygen atoms in total. The van der Waals surface area contributed by atoms with Crippen LogP contribution in [-0.4, -0.2) is 19.5 Å². The molecule has 0 aromatic heterocycles. The molecule has 2 N–H and O–H groups in total. The number of nitrogens with one attached hydrogen (secondary N) is 1. The van der Waals surface area contributed by atoms with Crippen LogP contribution < -0.4 is 4.72 Å². The lowest BCUT2D eigenvalue weighted by Gasteiger charge is -2.16. The van der Waals surface area contributed by atoms with Gasteiger partial charge in [0.05, 0.1) is 21.8 Å². The van der Waals surface area contributed by atoms with E-state index in [1.807, 2.05) is 4.72 Å². The molecule has 172 valence electrons. The van der Waals surface area contributed by atoms with Gasteiger partial charge in [-0.15, -0.1) is 0 Å². The van der Waals surface area contributed by atoms with Crippen molar-refractivity contribution < 1.29 is 40.6 Å². The van der Waals surface area contributed by atoms with Gasteiger partial charge in [0.25, 0.3) is 10.0 Å². The minimum absolute atomic E-state index is 0.0406. The van der Waals surface area contributed by atoms with Crippen LogP contribution in [0.25, 0.3) is 11.1 Å². The van der Waals surface area contributed by atoms with Gasteiger partial charge >= 0.3 is 12.1 Å². The number of halogens is 5. The van der Waals surface area contributed by atoms with Gasteiger partial charge in [0.2, 0.25) is 0 Å². The Kier molecular flexibility index (Phi) is 5.49. The van der Waals surface area contributed by atoms with Crippen molar-refractivity contribution >= 4 is 33.3 Å². The van der Waals surface area contributed by atoms with Gasteiger partial charge in [-0.05, 0) is 59.2 Å². The average molecular weight is 502 g/mol. The molecule has 0 amide bonds.